The molecule has 2 fully saturated rings. The zero-order chi connectivity index (χ0) is 18.9. The first-order valence-corrected chi connectivity index (χ1v) is 11.7. The lowest BCUT2D eigenvalue weighted by atomic mass is 9.97. The standard InChI is InChI=1S/C21H37N5S/c1-3-11-25-12-7-18(8-13-25)17-23-21(22-4-2)24-19-9-14-26(15-10-19)20-6-5-16-27-20/h5-6,16,18-19H,3-4,7-15,17H2,1-2H3,(H2,22,23,24). The molecule has 5 nitrogen and oxygen atoms in total. The van der Waals surface area contributed by atoms with E-state index in [-0.39, 0.29) is 0 Å². The molecule has 0 amide bonds. The van der Waals surface area contributed by atoms with Crippen LogP contribution in [0.1, 0.15) is 46.0 Å². The molecule has 2 aliphatic rings. The first-order valence-electron chi connectivity index (χ1n) is 10.8. The van der Waals surface area contributed by atoms with Crippen molar-refractivity contribution in [2.24, 2.45) is 10.9 Å². The number of aliphatic imine (C=N–C) groups is 1. The molecule has 0 radical (unpaired) electrons. The van der Waals surface area contributed by atoms with Gasteiger partial charge in [-0.05, 0) is 82.1 Å². The second-order valence-corrected chi connectivity index (χ2v) is 8.79. The Hall–Kier alpha value is -1.27. The van der Waals surface area contributed by atoms with Crippen molar-refractivity contribution in [2.75, 3.05) is 50.7 Å². The van der Waals surface area contributed by atoms with Crippen LogP contribution in [-0.4, -0.2) is 62.7 Å². The normalized spacial score (nSPS) is 20.8. The van der Waals surface area contributed by atoms with Gasteiger partial charge in [0.1, 0.15) is 0 Å². The van der Waals surface area contributed by atoms with Gasteiger partial charge in [-0.15, -0.1) is 11.3 Å². The lowest BCUT2D eigenvalue weighted by molar-refractivity contribution is 0.188. The fraction of sp³-hybridized carbons (Fsp3) is 0.762. The van der Waals surface area contributed by atoms with Crippen molar-refractivity contribution in [3.63, 3.8) is 0 Å². The van der Waals surface area contributed by atoms with Crippen molar-refractivity contribution < 1.29 is 0 Å². The summed E-state index contributed by atoms with van der Waals surface area (Å²) in [6, 6.07) is 4.91. The number of hydrogen-bond donors (Lipinski definition) is 2. The average molecular weight is 392 g/mol. The van der Waals surface area contributed by atoms with E-state index in [2.05, 4.69) is 51.8 Å². The van der Waals surface area contributed by atoms with Gasteiger partial charge in [0, 0.05) is 32.2 Å². The third-order valence-electron chi connectivity index (χ3n) is 5.75. The van der Waals surface area contributed by atoms with Crippen LogP contribution >= 0.6 is 11.3 Å². The lowest BCUT2D eigenvalue weighted by Crippen LogP contribution is -2.49. The van der Waals surface area contributed by atoms with Gasteiger partial charge in [-0.1, -0.05) is 6.92 Å². The predicted octanol–water partition coefficient (Wildman–Crippen LogP) is 3.39. The lowest BCUT2D eigenvalue weighted by Gasteiger charge is -2.34. The predicted molar refractivity (Wildman–Crippen MR) is 118 cm³/mol. The van der Waals surface area contributed by atoms with E-state index < -0.39 is 0 Å². The molecule has 0 unspecified atom stereocenters. The van der Waals surface area contributed by atoms with E-state index in [0.29, 0.717) is 6.04 Å². The topological polar surface area (TPSA) is 42.9 Å². The molecule has 0 aromatic carbocycles. The van der Waals surface area contributed by atoms with Crippen molar-refractivity contribution in [1.82, 2.24) is 15.5 Å². The van der Waals surface area contributed by atoms with Gasteiger partial charge in [0.25, 0.3) is 0 Å². The Labute approximate surface area is 169 Å². The molecule has 0 spiro atoms. The summed E-state index contributed by atoms with van der Waals surface area (Å²) >= 11 is 1.85. The molecule has 2 saturated heterocycles. The Kier molecular flexibility index (Phi) is 8.27. The number of likely N-dealkylation sites (tertiary alicyclic amines) is 1. The third-order valence-corrected chi connectivity index (χ3v) is 6.68. The zero-order valence-electron chi connectivity index (χ0n) is 17.1. The van der Waals surface area contributed by atoms with Crippen LogP contribution in [0.2, 0.25) is 0 Å². The van der Waals surface area contributed by atoms with Crippen LogP contribution in [-0.2, 0) is 0 Å². The Morgan fingerprint density at radius 2 is 1.93 bits per heavy atom. The maximum atomic E-state index is 4.94. The maximum absolute atomic E-state index is 4.94. The molecule has 27 heavy (non-hydrogen) atoms. The molecule has 1 aromatic heterocycles. The Morgan fingerprint density at radius 1 is 1.15 bits per heavy atom. The Bertz CT molecular complexity index is 543. The highest BCUT2D eigenvalue weighted by Crippen LogP contribution is 2.24. The van der Waals surface area contributed by atoms with E-state index in [1.165, 1.54) is 56.7 Å². The van der Waals surface area contributed by atoms with Crippen molar-refractivity contribution in [2.45, 2.75) is 52.0 Å². The Balaban J connectivity index is 1.43. The summed E-state index contributed by atoms with van der Waals surface area (Å²) in [5.74, 6) is 1.76. The number of nitrogens with zero attached hydrogens (tertiary/aromatic N) is 3. The highest BCUT2D eigenvalue weighted by molar-refractivity contribution is 7.14. The summed E-state index contributed by atoms with van der Waals surface area (Å²) < 4.78 is 0. The monoisotopic (exact) mass is 391 g/mol. The number of anilines is 1. The van der Waals surface area contributed by atoms with E-state index in [0.717, 1.165) is 38.1 Å². The molecular weight excluding hydrogens is 354 g/mol. The first kappa shape index (κ1) is 20.5. The molecular formula is C21H37N5S. The smallest absolute Gasteiger partial charge is 0.191 e. The quantitative estimate of drug-likeness (QED) is 0.552. The third kappa shape index (κ3) is 6.39. The van der Waals surface area contributed by atoms with Crippen LogP contribution < -0.4 is 15.5 Å². The van der Waals surface area contributed by atoms with Gasteiger partial charge in [-0.2, -0.15) is 0 Å². The molecule has 2 N–H and O–H groups in total. The van der Waals surface area contributed by atoms with Gasteiger partial charge >= 0.3 is 0 Å². The van der Waals surface area contributed by atoms with Crippen LogP contribution in [0, 0.1) is 5.92 Å². The molecule has 152 valence electrons. The SMILES string of the molecule is CCCN1CCC(CN=C(NCC)NC2CCN(c3cccs3)CC2)CC1. The highest BCUT2D eigenvalue weighted by atomic mass is 32.1. The number of nitrogens with one attached hydrogen (secondary N) is 2. The summed E-state index contributed by atoms with van der Waals surface area (Å²) in [7, 11) is 0. The van der Waals surface area contributed by atoms with E-state index in [1.807, 2.05) is 11.3 Å². The first-order chi connectivity index (χ1) is 13.3. The number of thiophene rings is 1. The summed E-state index contributed by atoms with van der Waals surface area (Å²) in [5, 5.41) is 10.7. The van der Waals surface area contributed by atoms with E-state index in [4.69, 9.17) is 4.99 Å². The average Bonchev–Trinajstić information content (AvgIpc) is 3.23. The van der Waals surface area contributed by atoms with E-state index in [9.17, 15) is 0 Å². The fourth-order valence-electron chi connectivity index (χ4n) is 4.14. The summed E-state index contributed by atoms with van der Waals surface area (Å²) in [6.45, 7) is 12.3. The fourth-order valence-corrected chi connectivity index (χ4v) is 4.92. The minimum Gasteiger partial charge on any atom is -0.363 e. The number of rotatable bonds is 7. The zero-order valence-corrected chi connectivity index (χ0v) is 17.9. The summed E-state index contributed by atoms with van der Waals surface area (Å²) in [6.07, 6.45) is 6.21. The molecule has 0 bridgehead atoms. The second-order valence-electron chi connectivity index (χ2n) is 7.86. The largest absolute Gasteiger partial charge is 0.363 e. The number of piperidine rings is 2. The van der Waals surface area contributed by atoms with Crippen molar-refractivity contribution >= 4 is 22.3 Å². The van der Waals surface area contributed by atoms with Gasteiger partial charge < -0.3 is 20.4 Å². The number of guanidine groups is 1. The van der Waals surface area contributed by atoms with E-state index in [1.54, 1.807) is 0 Å². The maximum Gasteiger partial charge on any atom is 0.191 e. The minimum absolute atomic E-state index is 0.533. The second kappa shape index (κ2) is 10.9. The van der Waals surface area contributed by atoms with Gasteiger partial charge in [-0.25, -0.2) is 0 Å². The molecule has 2 aliphatic heterocycles. The summed E-state index contributed by atoms with van der Waals surface area (Å²) in [4.78, 5) is 10.0. The van der Waals surface area contributed by atoms with Gasteiger partial charge in [0.05, 0.1) is 5.00 Å². The van der Waals surface area contributed by atoms with Crippen molar-refractivity contribution in [1.29, 1.82) is 0 Å². The summed E-state index contributed by atoms with van der Waals surface area (Å²) in [5.41, 5.74) is 0. The molecule has 0 atom stereocenters. The van der Waals surface area contributed by atoms with Crippen LogP contribution in [0.4, 0.5) is 5.00 Å². The van der Waals surface area contributed by atoms with Gasteiger partial charge in [0.2, 0.25) is 0 Å². The molecule has 0 saturated carbocycles. The van der Waals surface area contributed by atoms with Gasteiger partial charge in [0.15, 0.2) is 5.96 Å². The molecule has 3 rings (SSSR count). The van der Waals surface area contributed by atoms with Crippen LogP contribution in [0.25, 0.3) is 0 Å². The van der Waals surface area contributed by atoms with Crippen LogP contribution in [0.15, 0.2) is 22.5 Å². The molecule has 3 heterocycles. The Morgan fingerprint density at radius 3 is 2.56 bits per heavy atom. The van der Waals surface area contributed by atoms with Crippen molar-refractivity contribution in [3.8, 4) is 0 Å². The number of hydrogen-bond acceptors (Lipinski definition) is 4. The van der Waals surface area contributed by atoms with Crippen LogP contribution in [0.5, 0.6) is 0 Å². The van der Waals surface area contributed by atoms with Crippen LogP contribution in [0.3, 0.4) is 0 Å². The molecule has 6 heteroatoms. The minimum atomic E-state index is 0.533. The highest BCUT2D eigenvalue weighted by Gasteiger charge is 2.21. The van der Waals surface area contributed by atoms with Crippen molar-refractivity contribution in [3.05, 3.63) is 17.5 Å². The van der Waals surface area contributed by atoms with Gasteiger partial charge in [-0.3, -0.25) is 4.99 Å². The van der Waals surface area contributed by atoms with E-state index >= 15 is 0 Å². The molecule has 1 aromatic rings. The molecule has 0 aliphatic carbocycles.